The van der Waals surface area contributed by atoms with Crippen molar-refractivity contribution in [3.8, 4) is 5.75 Å². The summed E-state index contributed by atoms with van der Waals surface area (Å²) in [6.07, 6.45) is 2.01. The van der Waals surface area contributed by atoms with Crippen LogP contribution in [-0.4, -0.2) is 38.1 Å². The van der Waals surface area contributed by atoms with Crippen molar-refractivity contribution in [1.82, 2.24) is 4.90 Å². The van der Waals surface area contributed by atoms with E-state index in [0.29, 0.717) is 5.92 Å². The van der Waals surface area contributed by atoms with E-state index >= 15 is 0 Å². The number of carbonyl (C=O) groups is 1. The molecular formula is C21H24LiNO3. The maximum atomic E-state index is 10.9. The summed E-state index contributed by atoms with van der Waals surface area (Å²) < 4.78 is 5.38. The van der Waals surface area contributed by atoms with Gasteiger partial charge in [-0.15, -0.1) is 0 Å². The summed E-state index contributed by atoms with van der Waals surface area (Å²) in [7, 11) is 3.54. The largest absolute Gasteiger partial charge is 1.00 e. The summed E-state index contributed by atoms with van der Waals surface area (Å²) in [6, 6.07) is 16.8. The van der Waals surface area contributed by atoms with Crippen LogP contribution in [0.2, 0.25) is 0 Å². The quantitative estimate of drug-likeness (QED) is 0.635. The van der Waals surface area contributed by atoms with E-state index in [9.17, 15) is 9.90 Å². The van der Waals surface area contributed by atoms with E-state index in [-0.39, 0.29) is 31.3 Å². The molecule has 0 amide bonds. The summed E-state index contributed by atoms with van der Waals surface area (Å²) in [5, 5.41) is 10.9. The topological polar surface area (TPSA) is 52.6 Å². The van der Waals surface area contributed by atoms with Crippen molar-refractivity contribution in [3.63, 3.8) is 0 Å². The molecule has 0 saturated heterocycles. The predicted molar refractivity (Wildman–Crippen MR) is 95.6 cm³/mol. The average molecular weight is 345 g/mol. The van der Waals surface area contributed by atoms with Gasteiger partial charge in [0.05, 0.1) is 13.1 Å². The molecule has 26 heavy (non-hydrogen) atoms. The Hall–Kier alpha value is -1.73. The number of carboxylic acids is 1. The minimum absolute atomic E-state index is 0. The number of fused-ring (bicyclic) bond motifs is 1. The molecule has 1 aliphatic carbocycles. The van der Waals surface area contributed by atoms with Gasteiger partial charge in [-0.3, -0.25) is 0 Å². The van der Waals surface area contributed by atoms with Crippen LogP contribution in [0, 0.1) is 5.92 Å². The van der Waals surface area contributed by atoms with E-state index in [2.05, 4.69) is 36.4 Å². The van der Waals surface area contributed by atoms with Crippen LogP contribution >= 0.6 is 0 Å². The van der Waals surface area contributed by atoms with Crippen molar-refractivity contribution in [2.24, 2.45) is 5.92 Å². The van der Waals surface area contributed by atoms with Gasteiger partial charge in [-0.25, -0.2) is 0 Å². The number of aryl methyl sites for hydroxylation is 1. The molecule has 0 unspecified atom stereocenters. The Labute approximate surface area is 167 Å². The zero-order chi connectivity index (χ0) is 17.8. The van der Waals surface area contributed by atoms with Gasteiger partial charge < -0.3 is 19.5 Å². The first kappa shape index (κ1) is 20.6. The number of carboxylic acid groups (broad SMARTS) is 1. The van der Waals surface area contributed by atoms with Crippen LogP contribution in [0.5, 0.6) is 5.75 Å². The molecule has 0 saturated carbocycles. The monoisotopic (exact) mass is 345 g/mol. The van der Waals surface area contributed by atoms with Crippen molar-refractivity contribution in [2.45, 2.75) is 18.8 Å². The molecule has 0 fully saturated rings. The SMILES string of the molecule is COc1ccc2c(c1)CC[C@H](CN(C)CC(=O)[O-])[C@@H]2c1ccccc1.[Li+]. The molecule has 5 heteroatoms. The Bertz CT molecular complexity index is 735. The van der Waals surface area contributed by atoms with Crippen molar-refractivity contribution < 1.29 is 33.5 Å². The van der Waals surface area contributed by atoms with Gasteiger partial charge in [0.2, 0.25) is 0 Å². The molecule has 0 aliphatic heterocycles. The van der Waals surface area contributed by atoms with E-state index < -0.39 is 5.97 Å². The van der Waals surface area contributed by atoms with Crippen LogP contribution in [0.4, 0.5) is 0 Å². The zero-order valence-corrected chi connectivity index (χ0v) is 15.8. The number of aliphatic carboxylic acids is 1. The fraction of sp³-hybridized carbons (Fsp3) is 0.381. The molecule has 2 atom stereocenters. The first-order valence-corrected chi connectivity index (χ1v) is 8.68. The van der Waals surface area contributed by atoms with Gasteiger partial charge in [-0.1, -0.05) is 36.4 Å². The van der Waals surface area contributed by atoms with Gasteiger partial charge in [0.25, 0.3) is 0 Å². The summed E-state index contributed by atoms with van der Waals surface area (Å²) in [4.78, 5) is 12.8. The standard InChI is InChI=1S/C21H25NO3.Li/c1-22(14-20(23)24)13-17-9-8-16-12-18(25-2)10-11-19(16)21(17)15-6-4-3-5-7-15;/h3-7,10-12,17,21H,8-9,13-14H2,1-2H3,(H,23,24);/q;+1/p-1/t17-,21+;/m1./s1. The molecule has 0 heterocycles. The fourth-order valence-electron chi connectivity index (χ4n) is 3.98. The van der Waals surface area contributed by atoms with Crippen LogP contribution in [0.15, 0.2) is 48.5 Å². The first-order chi connectivity index (χ1) is 12.1. The molecule has 1 aliphatic rings. The number of rotatable bonds is 6. The first-order valence-electron chi connectivity index (χ1n) is 8.68. The van der Waals surface area contributed by atoms with E-state index in [1.165, 1.54) is 16.7 Å². The molecule has 0 spiro atoms. The third-order valence-electron chi connectivity index (χ3n) is 5.04. The molecule has 2 aromatic carbocycles. The van der Waals surface area contributed by atoms with Crippen molar-refractivity contribution in [2.75, 3.05) is 27.2 Å². The molecular weight excluding hydrogens is 321 g/mol. The van der Waals surface area contributed by atoms with E-state index in [4.69, 9.17) is 4.74 Å². The Morgan fingerprint density at radius 2 is 1.96 bits per heavy atom. The molecule has 132 valence electrons. The summed E-state index contributed by atoms with van der Waals surface area (Å²) in [5.41, 5.74) is 3.93. The minimum atomic E-state index is -1.03. The van der Waals surface area contributed by atoms with E-state index in [1.807, 2.05) is 24.1 Å². The third kappa shape index (κ3) is 4.70. The second-order valence-corrected chi connectivity index (χ2v) is 6.82. The molecule has 0 aromatic heterocycles. The summed E-state index contributed by atoms with van der Waals surface area (Å²) in [5.74, 6) is 0.491. The Morgan fingerprint density at radius 1 is 1.23 bits per heavy atom. The summed E-state index contributed by atoms with van der Waals surface area (Å²) >= 11 is 0. The Morgan fingerprint density at radius 3 is 2.62 bits per heavy atom. The summed E-state index contributed by atoms with van der Waals surface area (Å²) in [6.45, 7) is 0.701. The zero-order valence-electron chi connectivity index (χ0n) is 15.8. The molecule has 3 rings (SSSR count). The minimum Gasteiger partial charge on any atom is -0.549 e. The maximum Gasteiger partial charge on any atom is 1.00 e. The number of ether oxygens (including phenoxy) is 1. The Balaban J connectivity index is 0.00000243. The normalized spacial score (nSPS) is 18.7. The second-order valence-electron chi connectivity index (χ2n) is 6.82. The molecule has 4 nitrogen and oxygen atoms in total. The van der Waals surface area contributed by atoms with Gasteiger partial charge in [0.15, 0.2) is 0 Å². The molecule has 2 aromatic rings. The van der Waals surface area contributed by atoms with Gasteiger partial charge in [0, 0.05) is 19.0 Å². The van der Waals surface area contributed by atoms with Gasteiger partial charge in [-0.05, 0) is 54.6 Å². The number of nitrogens with zero attached hydrogens (tertiary/aromatic N) is 1. The number of hydrogen-bond acceptors (Lipinski definition) is 4. The fourth-order valence-corrected chi connectivity index (χ4v) is 3.98. The van der Waals surface area contributed by atoms with Crippen LogP contribution < -0.4 is 28.7 Å². The van der Waals surface area contributed by atoms with Crippen LogP contribution in [-0.2, 0) is 11.2 Å². The Kier molecular flexibility index (Phi) is 7.34. The van der Waals surface area contributed by atoms with Crippen molar-refractivity contribution in [1.29, 1.82) is 0 Å². The van der Waals surface area contributed by atoms with Gasteiger partial charge in [0.1, 0.15) is 5.75 Å². The number of carbonyl (C=O) groups excluding carboxylic acids is 1. The number of benzene rings is 2. The second kappa shape index (κ2) is 9.28. The molecule has 0 bridgehead atoms. The molecule has 0 N–H and O–H groups in total. The van der Waals surface area contributed by atoms with Crippen molar-refractivity contribution in [3.05, 3.63) is 65.2 Å². The van der Waals surface area contributed by atoms with Crippen LogP contribution in [0.25, 0.3) is 0 Å². The third-order valence-corrected chi connectivity index (χ3v) is 5.04. The smallest absolute Gasteiger partial charge is 0.549 e. The maximum absolute atomic E-state index is 10.9. The molecule has 0 radical (unpaired) electrons. The number of likely N-dealkylation sites (N-methyl/N-ethyl adjacent to an activating group) is 1. The average Bonchev–Trinajstić information content (AvgIpc) is 2.61. The number of hydrogen-bond donors (Lipinski definition) is 0. The van der Waals surface area contributed by atoms with E-state index in [0.717, 1.165) is 25.1 Å². The van der Waals surface area contributed by atoms with E-state index in [1.54, 1.807) is 7.11 Å². The van der Waals surface area contributed by atoms with Crippen LogP contribution in [0.1, 0.15) is 29.0 Å². The van der Waals surface area contributed by atoms with Crippen molar-refractivity contribution >= 4 is 5.97 Å². The van der Waals surface area contributed by atoms with Gasteiger partial charge in [-0.2, -0.15) is 0 Å². The van der Waals surface area contributed by atoms with Gasteiger partial charge >= 0.3 is 18.9 Å². The van der Waals surface area contributed by atoms with Crippen LogP contribution in [0.3, 0.4) is 0 Å². The number of methoxy groups -OCH3 is 1. The predicted octanol–water partition coefficient (Wildman–Crippen LogP) is -0.925.